The molecule has 3 aromatic rings. The molecule has 2 aromatic heterocycles. The smallest absolute Gasteiger partial charge is 0.406 e. The molecule has 1 aromatic carbocycles. The Morgan fingerprint density at radius 2 is 2.00 bits per heavy atom. The van der Waals surface area contributed by atoms with Gasteiger partial charge in [0.2, 0.25) is 0 Å². The maximum atomic E-state index is 12.6. The zero-order chi connectivity index (χ0) is 22.1. The van der Waals surface area contributed by atoms with E-state index in [0.717, 1.165) is 16.8 Å². The molecule has 30 heavy (non-hydrogen) atoms. The standard InChI is InChI=1S/C17H14BrF3N6O3/c1-9(15-22-8-23-27(15)13-3-4-14(28)26(2)25-13)24-16(29)10-5-11(18)7-12(6-10)30-17(19,20)21/h3-9H,1-2H3,(H,24,29)/t9-/m0/s1. The summed E-state index contributed by atoms with van der Waals surface area (Å²) in [7, 11) is 1.47. The molecule has 0 unspecified atom stereocenters. The van der Waals surface area contributed by atoms with Crippen LogP contribution in [0.15, 0.2) is 45.9 Å². The second-order valence-corrected chi connectivity index (χ2v) is 7.02. The zero-order valence-electron chi connectivity index (χ0n) is 15.5. The Morgan fingerprint density at radius 3 is 2.67 bits per heavy atom. The molecule has 0 saturated carbocycles. The maximum Gasteiger partial charge on any atom is 0.573 e. The van der Waals surface area contributed by atoms with Crippen molar-refractivity contribution in [3.63, 3.8) is 0 Å². The molecule has 0 saturated heterocycles. The van der Waals surface area contributed by atoms with Crippen LogP contribution in [0.5, 0.6) is 5.75 Å². The van der Waals surface area contributed by atoms with Gasteiger partial charge in [0.1, 0.15) is 12.1 Å². The first kappa shape index (κ1) is 21.5. The van der Waals surface area contributed by atoms with E-state index in [2.05, 4.69) is 41.2 Å². The van der Waals surface area contributed by atoms with Gasteiger partial charge < -0.3 is 10.1 Å². The molecule has 13 heteroatoms. The molecule has 3 rings (SSSR count). The van der Waals surface area contributed by atoms with E-state index in [9.17, 15) is 22.8 Å². The summed E-state index contributed by atoms with van der Waals surface area (Å²) in [5.74, 6) is -0.587. The van der Waals surface area contributed by atoms with E-state index in [-0.39, 0.29) is 15.6 Å². The lowest BCUT2D eigenvalue weighted by molar-refractivity contribution is -0.274. The Bertz CT molecular complexity index is 1140. The van der Waals surface area contributed by atoms with Crippen molar-refractivity contribution in [2.24, 2.45) is 7.05 Å². The first-order valence-corrected chi connectivity index (χ1v) is 9.14. The van der Waals surface area contributed by atoms with Gasteiger partial charge in [0.25, 0.3) is 11.5 Å². The minimum Gasteiger partial charge on any atom is -0.406 e. The quantitative estimate of drug-likeness (QED) is 0.594. The third kappa shape index (κ3) is 5.03. The van der Waals surface area contributed by atoms with Crippen molar-refractivity contribution < 1.29 is 22.7 Å². The summed E-state index contributed by atoms with van der Waals surface area (Å²) >= 11 is 3.06. The monoisotopic (exact) mass is 486 g/mol. The van der Waals surface area contributed by atoms with Crippen LogP contribution in [0, 0.1) is 0 Å². The number of hydrogen-bond donors (Lipinski definition) is 1. The number of amides is 1. The minimum absolute atomic E-state index is 0.0539. The predicted molar refractivity (Wildman–Crippen MR) is 101 cm³/mol. The van der Waals surface area contributed by atoms with Crippen LogP contribution in [-0.2, 0) is 7.05 Å². The van der Waals surface area contributed by atoms with Gasteiger partial charge in [-0.05, 0) is 31.2 Å². The molecular weight excluding hydrogens is 473 g/mol. The van der Waals surface area contributed by atoms with E-state index in [0.29, 0.717) is 11.6 Å². The molecule has 1 amide bonds. The molecule has 0 bridgehead atoms. The summed E-state index contributed by atoms with van der Waals surface area (Å²) in [6.45, 7) is 1.62. The number of rotatable bonds is 5. The molecule has 9 nitrogen and oxygen atoms in total. The van der Waals surface area contributed by atoms with Crippen LogP contribution in [-0.4, -0.2) is 36.8 Å². The second-order valence-electron chi connectivity index (χ2n) is 6.10. The summed E-state index contributed by atoms with van der Waals surface area (Å²) in [4.78, 5) is 28.2. The lowest BCUT2D eigenvalue weighted by Crippen LogP contribution is -2.29. The third-order valence-electron chi connectivity index (χ3n) is 3.84. The van der Waals surface area contributed by atoms with Crippen molar-refractivity contribution in [2.45, 2.75) is 19.3 Å². The van der Waals surface area contributed by atoms with Crippen LogP contribution in [0.1, 0.15) is 29.1 Å². The fourth-order valence-electron chi connectivity index (χ4n) is 2.56. The summed E-state index contributed by atoms with van der Waals surface area (Å²) in [6, 6.07) is 5.48. The van der Waals surface area contributed by atoms with E-state index >= 15 is 0 Å². The van der Waals surface area contributed by atoms with Crippen LogP contribution < -0.4 is 15.6 Å². The van der Waals surface area contributed by atoms with E-state index in [1.54, 1.807) is 6.92 Å². The summed E-state index contributed by atoms with van der Waals surface area (Å²) < 4.78 is 44.0. The van der Waals surface area contributed by atoms with Gasteiger partial charge in [-0.3, -0.25) is 9.59 Å². The van der Waals surface area contributed by atoms with Gasteiger partial charge in [0.05, 0.1) is 6.04 Å². The number of carbonyl (C=O) groups excluding carboxylic acids is 1. The third-order valence-corrected chi connectivity index (χ3v) is 4.30. The highest BCUT2D eigenvalue weighted by Gasteiger charge is 2.31. The van der Waals surface area contributed by atoms with Crippen LogP contribution in [0.4, 0.5) is 13.2 Å². The van der Waals surface area contributed by atoms with Gasteiger partial charge in [-0.15, -0.1) is 18.3 Å². The average Bonchev–Trinajstić information content (AvgIpc) is 3.12. The molecule has 1 N–H and O–H groups in total. The number of nitrogens with one attached hydrogen (secondary N) is 1. The molecule has 0 fully saturated rings. The van der Waals surface area contributed by atoms with Crippen LogP contribution in [0.2, 0.25) is 0 Å². The van der Waals surface area contributed by atoms with Gasteiger partial charge in [0.15, 0.2) is 11.6 Å². The van der Waals surface area contributed by atoms with Gasteiger partial charge in [-0.2, -0.15) is 9.78 Å². The molecule has 0 spiro atoms. The molecule has 0 aliphatic carbocycles. The number of aryl methyl sites for hydroxylation is 1. The van der Waals surface area contributed by atoms with Crippen molar-refractivity contribution in [1.82, 2.24) is 29.9 Å². The van der Waals surface area contributed by atoms with Gasteiger partial charge in [-0.1, -0.05) is 15.9 Å². The lowest BCUT2D eigenvalue weighted by atomic mass is 10.2. The van der Waals surface area contributed by atoms with E-state index in [1.165, 1.54) is 36.3 Å². The van der Waals surface area contributed by atoms with Crippen LogP contribution in [0.3, 0.4) is 0 Å². The molecular formula is C17H14BrF3N6O3. The Balaban J connectivity index is 1.83. The highest BCUT2D eigenvalue weighted by atomic mass is 79.9. The number of hydrogen-bond acceptors (Lipinski definition) is 6. The lowest BCUT2D eigenvalue weighted by Gasteiger charge is -2.15. The van der Waals surface area contributed by atoms with Crippen molar-refractivity contribution in [3.05, 3.63) is 62.9 Å². The van der Waals surface area contributed by atoms with E-state index < -0.39 is 24.1 Å². The highest BCUT2D eigenvalue weighted by molar-refractivity contribution is 9.10. The number of nitrogens with zero attached hydrogens (tertiary/aromatic N) is 5. The zero-order valence-corrected chi connectivity index (χ0v) is 17.1. The van der Waals surface area contributed by atoms with Crippen molar-refractivity contribution in [1.29, 1.82) is 0 Å². The topological polar surface area (TPSA) is 104 Å². The van der Waals surface area contributed by atoms with Crippen LogP contribution >= 0.6 is 15.9 Å². The molecule has 0 radical (unpaired) electrons. The number of benzene rings is 1. The number of alkyl halides is 3. The molecule has 0 aliphatic rings. The Kier molecular flexibility index (Phi) is 5.92. The highest BCUT2D eigenvalue weighted by Crippen LogP contribution is 2.27. The number of halogens is 4. The average molecular weight is 487 g/mol. The van der Waals surface area contributed by atoms with Crippen molar-refractivity contribution >= 4 is 21.8 Å². The van der Waals surface area contributed by atoms with E-state index in [4.69, 9.17) is 0 Å². The largest absolute Gasteiger partial charge is 0.573 e. The first-order valence-electron chi connectivity index (χ1n) is 8.35. The van der Waals surface area contributed by atoms with E-state index in [1.807, 2.05) is 0 Å². The molecule has 158 valence electrons. The minimum atomic E-state index is -4.89. The first-order chi connectivity index (χ1) is 14.0. The van der Waals surface area contributed by atoms with Gasteiger partial charge in [0, 0.05) is 23.2 Å². The number of aromatic nitrogens is 5. The Morgan fingerprint density at radius 1 is 1.27 bits per heavy atom. The van der Waals surface area contributed by atoms with Crippen molar-refractivity contribution in [3.8, 4) is 11.6 Å². The normalized spacial score (nSPS) is 12.5. The second kappa shape index (κ2) is 8.26. The Labute approximate surface area is 175 Å². The SMILES string of the molecule is C[C@H](NC(=O)c1cc(Br)cc(OC(F)(F)F)c1)c1ncnn1-c1ccc(=O)n(C)n1. The van der Waals surface area contributed by atoms with Gasteiger partial charge >= 0.3 is 6.36 Å². The fourth-order valence-corrected chi connectivity index (χ4v) is 3.03. The molecule has 1 atom stereocenters. The Hall–Kier alpha value is -3.22. The fraction of sp³-hybridized carbons (Fsp3) is 0.235. The summed E-state index contributed by atoms with van der Waals surface area (Å²) in [6.07, 6.45) is -3.64. The maximum absolute atomic E-state index is 12.6. The number of carbonyl (C=O) groups is 1. The predicted octanol–water partition coefficient (Wildman–Crippen LogP) is 2.51. The molecule has 2 heterocycles. The molecule has 0 aliphatic heterocycles. The van der Waals surface area contributed by atoms with Crippen molar-refractivity contribution in [2.75, 3.05) is 0 Å². The summed E-state index contributed by atoms with van der Waals surface area (Å²) in [5.41, 5.74) is -0.366. The summed E-state index contributed by atoms with van der Waals surface area (Å²) in [5, 5.41) is 10.8. The van der Waals surface area contributed by atoms with Gasteiger partial charge in [-0.25, -0.2) is 9.67 Å². The number of ether oxygens (including phenoxy) is 1. The van der Waals surface area contributed by atoms with Crippen LogP contribution in [0.25, 0.3) is 5.82 Å².